The van der Waals surface area contributed by atoms with Crippen LogP contribution in [0, 0.1) is 0 Å². The van der Waals surface area contributed by atoms with Crippen molar-refractivity contribution in [3.05, 3.63) is 71.8 Å². The Hall–Kier alpha value is -2.44. The lowest BCUT2D eigenvalue weighted by Gasteiger charge is -2.27. The highest BCUT2D eigenvalue weighted by Crippen LogP contribution is 2.23. The Labute approximate surface area is 179 Å². The second kappa shape index (κ2) is 9.14. The Bertz CT molecular complexity index is 1010. The maximum Gasteiger partial charge on any atom is 0.243 e. The van der Waals surface area contributed by atoms with E-state index in [2.05, 4.69) is 18.2 Å². The minimum atomic E-state index is -3.38. The smallest absolute Gasteiger partial charge is 0.243 e. The molecule has 0 saturated carbocycles. The van der Waals surface area contributed by atoms with Crippen LogP contribution in [-0.4, -0.2) is 49.7 Å². The number of carbonyl (C=O) groups excluding carboxylic acids is 1. The zero-order valence-electron chi connectivity index (χ0n) is 17.2. The number of aryl methyl sites for hydroxylation is 1. The molecule has 2 heterocycles. The van der Waals surface area contributed by atoms with Gasteiger partial charge in [0.2, 0.25) is 15.9 Å². The molecule has 2 aliphatic rings. The maximum absolute atomic E-state index is 12.6. The molecule has 0 N–H and O–H groups in total. The van der Waals surface area contributed by atoms with Crippen LogP contribution in [0.3, 0.4) is 0 Å². The molecule has 5 nitrogen and oxygen atoms in total. The number of benzene rings is 2. The fourth-order valence-corrected chi connectivity index (χ4v) is 5.64. The van der Waals surface area contributed by atoms with Gasteiger partial charge in [-0.3, -0.25) is 4.79 Å². The first-order chi connectivity index (χ1) is 14.5. The van der Waals surface area contributed by atoms with Gasteiger partial charge in [0.1, 0.15) is 0 Å². The van der Waals surface area contributed by atoms with Crippen LogP contribution in [0.15, 0.2) is 65.6 Å². The fraction of sp³-hybridized carbons (Fsp3) is 0.375. The Morgan fingerprint density at radius 3 is 2.23 bits per heavy atom. The number of hydrogen-bond acceptors (Lipinski definition) is 3. The Balaban J connectivity index is 1.31. The number of rotatable bonds is 6. The highest BCUT2D eigenvalue weighted by atomic mass is 32.2. The first kappa shape index (κ1) is 20.8. The van der Waals surface area contributed by atoms with Gasteiger partial charge in [0.15, 0.2) is 0 Å². The number of sulfonamides is 1. The molecule has 30 heavy (non-hydrogen) atoms. The molecule has 4 rings (SSSR count). The lowest BCUT2D eigenvalue weighted by atomic mass is 9.99. The van der Waals surface area contributed by atoms with Gasteiger partial charge in [-0.05, 0) is 54.5 Å². The van der Waals surface area contributed by atoms with E-state index in [0.29, 0.717) is 37.4 Å². The summed E-state index contributed by atoms with van der Waals surface area (Å²) < 4.78 is 26.8. The second-order valence-corrected chi connectivity index (χ2v) is 9.88. The second-order valence-electron chi connectivity index (χ2n) is 7.94. The van der Waals surface area contributed by atoms with E-state index in [4.69, 9.17) is 0 Å². The van der Waals surface area contributed by atoms with E-state index < -0.39 is 10.0 Å². The van der Waals surface area contributed by atoms with E-state index in [0.717, 1.165) is 31.4 Å². The number of carbonyl (C=O) groups is 1. The van der Waals surface area contributed by atoms with Crippen molar-refractivity contribution < 1.29 is 13.2 Å². The molecule has 2 aliphatic heterocycles. The standard InChI is InChI=1S/C24H28N2O3S/c27-24(25-18-14-22(15-19-25)21-6-2-1-3-7-21)13-10-20-8-11-23(12-9-20)30(28,29)26-16-4-5-17-26/h1-3,6-9,11-12,14H,4-5,10,13,15-19H2. The summed E-state index contributed by atoms with van der Waals surface area (Å²) in [6.07, 6.45) is 5.94. The lowest BCUT2D eigenvalue weighted by Crippen LogP contribution is -2.34. The number of nitrogens with zero attached hydrogens (tertiary/aromatic N) is 2. The van der Waals surface area contributed by atoms with Crippen LogP contribution in [0.1, 0.15) is 36.8 Å². The third-order valence-corrected chi connectivity index (χ3v) is 7.87. The summed E-state index contributed by atoms with van der Waals surface area (Å²) in [6.45, 7) is 2.60. The molecule has 0 spiro atoms. The van der Waals surface area contributed by atoms with Crippen molar-refractivity contribution in [1.29, 1.82) is 0 Å². The molecule has 0 bridgehead atoms. The molecule has 0 unspecified atom stereocenters. The molecular weight excluding hydrogens is 396 g/mol. The van der Waals surface area contributed by atoms with Crippen LogP contribution in [0.2, 0.25) is 0 Å². The molecular formula is C24H28N2O3S. The van der Waals surface area contributed by atoms with Gasteiger partial charge < -0.3 is 4.90 Å². The summed E-state index contributed by atoms with van der Waals surface area (Å²) in [5, 5.41) is 0. The summed E-state index contributed by atoms with van der Waals surface area (Å²) in [6, 6.07) is 17.3. The molecule has 0 atom stereocenters. The minimum absolute atomic E-state index is 0.145. The van der Waals surface area contributed by atoms with Crippen LogP contribution in [0.4, 0.5) is 0 Å². The molecule has 2 aromatic rings. The van der Waals surface area contributed by atoms with Crippen molar-refractivity contribution in [2.45, 2.75) is 37.0 Å². The fourth-order valence-electron chi connectivity index (χ4n) is 4.13. The summed E-state index contributed by atoms with van der Waals surface area (Å²) in [4.78, 5) is 14.9. The van der Waals surface area contributed by atoms with Gasteiger partial charge in [0.25, 0.3) is 0 Å². The van der Waals surface area contributed by atoms with Gasteiger partial charge in [-0.2, -0.15) is 4.31 Å². The molecule has 0 aromatic heterocycles. The van der Waals surface area contributed by atoms with Gasteiger partial charge in [-0.25, -0.2) is 8.42 Å². The molecule has 1 saturated heterocycles. The third-order valence-electron chi connectivity index (χ3n) is 5.96. The Morgan fingerprint density at radius 1 is 0.900 bits per heavy atom. The van der Waals surface area contributed by atoms with Crippen molar-refractivity contribution in [1.82, 2.24) is 9.21 Å². The zero-order valence-corrected chi connectivity index (χ0v) is 18.0. The minimum Gasteiger partial charge on any atom is -0.339 e. The van der Waals surface area contributed by atoms with Crippen LogP contribution in [-0.2, 0) is 21.2 Å². The largest absolute Gasteiger partial charge is 0.339 e. The van der Waals surface area contributed by atoms with Gasteiger partial charge in [0, 0.05) is 32.6 Å². The lowest BCUT2D eigenvalue weighted by molar-refractivity contribution is -0.130. The summed E-state index contributed by atoms with van der Waals surface area (Å²) >= 11 is 0. The van der Waals surface area contributed by atoms with Crippen molar-refractivity contribution >= 4 is 21.5 Å². The van der Waals surface area contributed by atoms with E-state index >= 15 is 0 Å². The van der Waals surface area contributed by atoms with E-state index in [1.54, 1.807) is 16.4 Å². The molecule has 0 aliphatic carbocycles. The van der Waals surface area contributed by atoms with Gasteiger partial charge in [-0.1, -0.05) is 48.5 Å². The average molecular weight is 425 g/mol. The van der Waals surface area contributed by atoms with E-state index in [-0.39, 0.29) is 5.91 Å². The average Bonchev–Trinajstić information content (AvgIpc) is 3.34. The summed E-state index contributed by atoms with van der Waals surface area (Å²) in [5.41, 5.74) is 3.52. The van der Waals surface area contributed by atoms with E-state index in [1.165, 1.54) is 11.1 Å². The Kier molecular flexibility index (Phi) is 6.35. The SMILES string of the molecule is O=C(CCc1ccc(S(=O)(=O)N2CCCC2)cc1)N1CC=C(c2ccccc2)CC1. The monoisotopic (exact) mass is 424 g/mol. The summed E-state index contributed by atoms with van der Waals surface area (Å²) in [5.74, 6) is 0.145. The molecule has 158 valence electrons. The van der Waals surface area contributed by atoms with Gasteiger partial charge >= 0.3 is 0 Å². The molecule has 2 aromatic carbocycles. The van der Waals surface area contributed by atoms with Gasteiger partial charge in [0.05, 0.1) is 4.90 Å². The van der Waals surface area contributed by atoms with E-state index in [1.807, 2.05) is 35.2 Å². The molecule has 0 radical (unpaired) electrons. The van der Waals surface area contributed by atoms with Crippen molar-refractivity contribution in [3.8, 4) is 0 Å². The molecule has 1 amide bonds. The van der Waals surface area contributed by atoms with Crippen LogP contribution in [0.25, 0.3) is 5.57 Å². The third kappa shape index (κ3) is 4.65. The topological polar surface area (TPSA) is 57.7 Å². The first-order valence-corrected chi connectivity index (χ1v) is 12.1. The quantitative estimate of drug-likeness (QED) is 0.710. The van der Waals surface area contributed by atoms with Crippen LogP contribution >= 0.6 is 0 Å². The summed E-state index contributed by atoms with van der Waals surface area (Å²) in [7, 11) is -3.38. The van der Waals surface area contributed by atoms with Crippen molar-refractivity contribution in [3.63, 3.8) is 0 Å². The van der Waals surface area contributed by atoms with Crippen molar-refractivity contribution in [2.75, 3.05) is 26.2 Å². The van der Waals surface area contributed by atoms with E-state index in [9.17, 15) is 13.2 Å². The Morgan fingerprint density at radius 2 is 1.60 bits per heavy atom. The molecule has 1 fully saturated rings. The highest BCUT2D eigenvalue weighted by Gasteiger charge is 2.27. The first-order valence-electron chi connectivity index (χ1n) is 10.7. The normalized spacial score (nSPS) is 17.7. The predicted molar refractivity (Wildman–Crippen MR) is 118 cm³/mol. The molecule has 6 heteroatoms. The van der Waals surface area contributed by atoms with Crippen LogP contribution < -0.4 is 0 Å². The van der Waals surface area contributed by atoms with Gasteiger partial charge in [-0.15, -0.1) is 0 Å². The van der Waals surface area contributed by atoms with Crippen LogP contribution in [0.5, 0.6) is 0 Å². The van der Waals surface area contributed by atoms with Crippen molar-refractivity contribution in [2.24, 2.45) is 0 Å². The highest BCUT2D eigenvalue weighted by molar-refractivity contribution is 7.89. The number of hydrogen-bond donors (Lipinski definition) is 0. The predicted octanol–water partition coefficient (Wildman–Crippen LogP) is 3.72. The zero-order chi connectivity index (χ0) is 21.0. The number of amides is 1. The maximum atomic E-state index is 12.6.